The van der Waals surface area contributed by atoms with E-state index in [1.165, 1.54) is 4.90 Å². The fourth-order valence-electron chi connectivity index (χ4n) is 3.10. The SMILES string of the molecule is O=C(O)[C@@H]1Cc2ccccc2CN1C(=O)C1CCCCO1. The molecular formula is C16H19NO4. The molecular weight excluding hydrogens is 270 g/mol. The van der Waals surface area contributed by atoms with Gasteiger partial charge < -0.3 is 14.7 Å². The van der Waals surface area contributed by atoms with Gasteiger partial charge >= 0.3 is 5.97 Å². The van der Waals surface area contributed by atoms with Crippen molar-refractivity contribution in [2.75, 3.05) is 6.61 Å². The fourth-order valence-corrected chi connectivity index (χ4v) is 3.10. The number of nitrogens with zero attached hydrogens (tertiary/aromatic N) is 1. The Morgan fingerprint density at radius 2 is 1.95 bits per heavy atom. The van der Waals surface area contributed by atoms with Crippen LogP contribution in [-0.4, -0.2) is 40.6 Å². The number of amides is 1. The standard InChI is InChI=1S/C16H19NO4/c18-15(14-7-3-4-8-21-14)17-10-12-6-2-1-5-11(12)9-13(17)16(19)20/h1-2,5-6,13-14H,3-4,7-10H2,(H,19,20)/t13-,14?/m0/s1. The summed E-state index contributed by atoms with van der Waals surface area (Å²) in [6, 6.07) is 6.91. The van der Waals surface area contributed by atoms with E-state index in [1.807, 2.05) is 24.3 Å². The lowest BCUT2D eigenvalue weighted by atomic mass is 9.93. The van der Waals surface area contributed by atoms with Gasteiger partial charge in [0.05, 0.1) is 0 Å². The number of carbonyl (C=O) groups is 2. The first kappa shape index (κ1) is 14.1. The minimum Gasteiger partial charge on any atom is -0.480 e. The minimum absolute atomic E-state index is 0.184. The molecule has 5 heteroatoms. The number of fused-ring (bicyclic) bond motifs is 1. The molecule has 1 N–H and O–H groups in total. The molecule has 3 rings (SSSR count). The minimum atomic E-state index is -0.950. The molecule has 1 aromatic carbocycles. The van der Waals surface area contributed by atoms with Crippen molar-refractivity contribution in [1.82, 2.24) is 4.90 Å². The number of aliphatic carboxylic acids is 1. The molecule has 2 aliphatic heterocycles. The molecule has 2 aliphatic rings. The molecule has 1 saturated heterocycles. The van der Waals surface area contributed by atoms with Crippen molar-refractivity contribution in [3.8, 4) is 0 Å². The van der Waals surface area contributed by atoms with Gasteiger partial charge in [0.2, 0.25) is 0 Å². The van der Waals surface area contributed by atoms with Crippen LogP contribution in [-0.2, 0) is 27.3 Å². The molecule has 1 unspecified atom stereocenters. The van der Waals surface area contributed by atoms with Gasteiger partial charge in [-0.3, -0.25) is 4.79 Å². The molecule has 2 heterocycles. The van der Waals surface area contributed by atoms with E-state index < -0.39 is 18.1 Å². The van der Waals surface area contributed by atoms with Crippen molar-refractivity contribution >= 4 is 11.9 Å². The van der Waals surface area contributed by atoms with Crippen molar-refractivity contribution in [2.45, 2.75) is 44.4 Å². The second-order valence-corrected chi connectivity index (χ2v) is 5.65. The number of ether oxygens (including phenoxy) is 1. The monoisotopic (exact) mass is 289 g/mol. The first-order chi connectivity index (χ1) is 10.2. The Morgan fingerprint density at radius 3 is 2.62 bits per heavy atom. The summed E-state index contributed by atoms with van der Waals surface area (Å²) >= 11 is 0. The molecule has 2 atom stereocenters. The maximum Gasteiger partial charge on any atom is 0.326 e. The van der Waals surface area contributed by atoms with Crippen molar-refractivity contribution in [2.24, 2.45) is 0 Å². The van der Waals surface area contributed by atoms with Crippen molar-refractivity contribution in [1.29, 1.82) is 0 Å². The lowest BCUT2D eigenvalue weighted by Gasteiger charge is -2.37. The summed E-state index contributed by atoms with van der Waals surface area (Å²) in [7, 11) is 0. The quantitative estimate of drug-likeness (QED) is 0.898. The summed E-state index contributed by atoms with van der Waals surface area (Å²) in [6.45, 7) is 0.935. The van der Waals surface area contributed by atoms with Gasteiger partial charge in [-0.1, -0.05) is 24.3 Å². The Bertz CT molecular complexity index is 551. The Labute approximate surface area is 123 Å². The van der Waals surface area contributed by atoms with Gasteiger partial charge in [0.25, 0.3) is 5.91 Å². The van der Waals surface area contributed by atoms with Gasteiger partial charge in [-0.15, -0.1) is 0 Å². The molecule has 1 fully saturated rings. The molecule has 5 nitrogen and oxygen atoms in total. The topological polar surface area (TPSA) is 66.8 Å². The van der Waals surface area contributed by atoms with Gasteiger partial charge in [-0.2, -0.15) is 0 Å². The fraction of sp³-hybridized carbons (Fsp3) is 0.500. The smallest absolute Gasteiger partial charge is 0.326 e. The van der Waals surface area contributed by atoms with E-state index in [0.29, 0.717) is 26.0 Å². The number of benzene rings is 1. The van der Waals surface area contributed by atoms with Gasteiger partial charge in [-0.05, 0) is 30.4 Å². The molecule has 0 spiro atoms. The largest absolute Gasteiger partial charge is 0.480 e. The molecule has 0 saturated carbocycles. The van der Waals surface area contributed by atoms with Crippen LogP contribution in [0.4, 0.5) is 0 Å². The molecule has 21 heavy (non-hydrogen) atoms. The number of carboxylic acid groups (broad SMARTS) is 1. The zero-order valence-electron chi connectivity index (χ0n) is 11.8. The second kappa shape index (κ2) is 5.85. The Morgan fingerprint density at radius 1 is 1.19 bits per heavy atom. The zero-order chi connectivity index (χ0) is 14.8. The summed E-state index contributed by atoms with van der Waals surface area (Å²) in [5, 5.41) is 9.45. The summed E-state index contributed by atoms with van der Waals surface area (Å²) in [6.07, 6.45) is 2.49. The Kier molecular flexibility index (Phi) is 3.92. The summed E-state index contributed by atoms with van der Waals surface area (Å²) in [4.78, 5) is 25.6. The van der Waals surface area contributed by atoms with Gasteiger partial charge in [0, 0.05) is 19.6 Å². The van der Waals surface area contributed by atoms with Crippen LogP contribution in [0.15, 0.2) is 24.3 Å². The predicted octanol–water partition coefficient (Wildman–Crippen LogP) is 1.59. The third-order valence-electron chi connectivity index (χ3n) is 4.27. The van der Waals surface area contributed by atoms with E-state index in [2.05, 4.69) is 0 Å². The Hall–Kier alpha value is -1.88. The highest BCUT2D eigenvalue weighted by Crippen LogP contribution is 2.26. The summed E-state index contributed by atoms with van der Waals surface area (Å²) in [5.41, 5.74) is 2.04. The van der Waals surface area contributed by atoms with Gasteiger partial charge in [0.15, 0.2) is 0 Å². The molecule has 1 aromatic rings. The number of carboxylic acids is 1. The molecule has 0 aliphatic carbocycles. The molecule has 0 bridgehead atoms. The van der Waals surface area contributed by atoms with Crippen LogP contribution >= 0.6 is 0 Å². The van der Waals surface area contributed by atoms with E-state index in [0.717, 1.165) is 24.0 Å². The van der Waals surface area contributed by atoms with Gasteiger partial charge in [-0.25, -0.2) is 4.79 Å². The summed E-state index contributed by atoms with van der Waals surface area (Å²) in [5.74, 6) is -1.13. The van der Waals surface area contributed by atoms with E-state index >= 15 is 0 Å². The van der Waals surface area contributed by atoms with E-state index in [4.69, 9.17) is 4.74 Å². The van der Waals surface area contributed by atoms with Crippen LogP contribution in [0.2, 0.25) is 0 Å². The summed E-state index contributed by atoms with van der Waals surface area (Å²) < 4.78 is 5.52. The third-order valence-corrected chi connectivity index (χ3v) is 4.27. The zero-order valence-corrected chi connectivity index (χ0v) is 11.8. The van der Waals surface area contributed by atoms with Crippen LogP contribution < -0.4 is 0 Å². The van der Waals surface area contributed by atoms with Crippen LogP contribution in [0, 0.1) is 0 Å². The van der Waals surface area contributed by atoms with Crippen molar-refractivity contribution < 1.29 is 19.4 Å². The van der Waals surface area contributed by atoms with Crippen molar-refractivity contribution in [3.05, 3.63) is 35.4 Å². The average Bonchev–Trinajstić information content (AvgIpc) is 2.53. The van der Waals surface area contributed by atoms with E-state index in [1.54, 1.807) is 0 Å². The maximum atomic E-state index is 12.6. The highest BCUT2D eigenvalue weighted by atomic mass is 16.5. The third kappa shape index (κ3) is 2.78. The lowest BCUT2D eigenvalue weighted by Crippen LogP contribution is -2.52. The first-order valence-electron chi connectivity index (χ1n) is 7.38. The highest BCUT2D eigenvalue weighted by Gasteiger charge is 2.38. The second-order valence-electron chi connectivity index (χ2n) is 5.65. The van der Waals surface area contributed by atoms with Gasteiger partial charge in [0.1, 0.15) is 12.1 Å². The number of hydrogen-bond acceptors (Lipinski definition) is 3. The average molecular weight is 289 g/mol. The molecule has 0 radical (unpaired) electrons. The van der Waals surface area contributed by atoms with Crippen molar-refractivity contribution in [3.63, 3.8) is 0 Å². The van der Waals surface area contributed by atoms with E-state index in [9.17, 15) is 14.7 Å². The van der Waals surface area contributed by atoms with Crippen LogP contribution in [0.25, 0.3) is 0 Å². The normalized spacial score (nSPS) is 25.2. The molecule has 0 aromatic heterocycles. The first-order valence-corrected chi connectivity index (χ1v) is 7.38. The van der Waals surface area contributed by atoms with E-state index in [-0.39, 0.29) is 5.91 Å². The Balaban J connectivity index is 1.85. The van der Waals surface area contributed by atoms with Crippen LogP contribution in [0.1, 0.15) is 30.4 Å². The number of carbonyl (C=O) groups excluding carboxylic acids is 1. The maximum absolute atomic E-state index is 12.6. The van der Waals surface area contributed by atoms with Crippen LogP contribution in [0.3, 0.4) is 0 Å². The molecule has 1 amide bonds. The lowest BCUT2D eigenvalue weighted by molar-refractivity contribution is -0.159. The molecule has 112 valence electrons. The number of hydrogen-bond donors (Lipinski definition) is 1. The highest BCUT2D eigenvalue weighted by molar-refractivity contribution is 5.87. The number of rotatable bonds is 2. The predicted molar refractivity (Wildman–Crippen MR) is 75.7 cm³/mol. The van der Waals surface area contributed by atoms with Crippen LogP contribution in [0.5, 0.6) is 0 Å².